The molecule has 2 atom stereocenters. The number of amides is 1. The number of amidine groups is 1. The number of nitrogens with zero attached hydrogens (tertiary/aromatic N) is 2. The molecule has 2 aliphatic rings. The van der Waals surface area contributed by atoms with Crippen LogP contribution in [0.3, 0.4) is 0 Å². The van der Waals surface area contributed by atoms with Crippen LogP contribution in [0.25, 0.3) is 6.08 Å². The first-order chi connectivity index (χ1) is 14.0. The summed E-state index contributed by atoms with van der Waals surface area (Å²) in [5.41, 5.74) is 1.45. The Morgan fingerprint density at radius 2 is 1.93 bits per heavy atom. The van der Waals surface area contributed by atoms with Crippen molar-refractivity contribution in [2.45, 2.75) is 38.6 Å². The second-order valence-corrected chi connectivity index (χ2v) is 9.47. The number of aromatic hydroxyl groups is 1. The number of phenolic OH excluding ortho intramolecular Hbond substituents is 1. The zero-order chi connectivity index (χ0) is 20.4. The topological polar surface area (TPSA) is 52.9 Å². The molecule has 0 spiro atoms. The highest BCUT2D eigenvalue weighted by Crippen LogP contribution is 2.40. The summed E-state index contributed by atoms with van der Waals surface area (Å²) in [6.45, 7) is 2.23. The Morgan fingerprint density at radius 1 is 1.17 bits per heavy atom. The number of carbonyl (C=O) groups is 1. The summed E-state index contributed by atoms with van der Waals surface area (Å²) >= 11 is 4.82. The molecule has 2 fully saturated rings. The molecule has 1 aliphatic carbocycles. The van der Waals surface area contributed by atoms with Crippen molar-refractivity contribution in [3.63, 3.8) is 0 Å². The molecule has 4 nitrogen and oxygen atoms in total. The number of rotatable bonds is 3. The molecule has 1 saturated carbocycles. The normalized spacial score (nSPS) is 25.2. The van der Waals surface area contributed by atoms with E-state index in [2.05, 4.69) is 22.9 Å². The number of hydrogen-bond acceptors (Lipinski definition) is 4. The molecule has 0 aromatic heterocycles. The van der Waals surface area contributed by atoms with E-state index in [1.165, 1.54) is 18.2 Å². The zero-order valence-corrected chi connectivity index (χ0v) is 18.6. The van der Waals surface area contributed by atoms with Crippen LogP contribution >= 0.6 is 27.7 Å². The number of benzene rings is 2. The first kappa shape index (κ1) is 20.2. The molecular weight excluding hydrogens is 448 g/mol. The lowest BCUT2D eigenvalue weighted by atomic mass is 9.85. The van der Waals surface area contributed by atoms with Gasteiger partial charge in [-0.05, 0) is 66.9 Å². The number of para-hydroxylation sites is 1. The number of carbonyl (C=O) groups excluding carboxylic acids is 1. The lowest BCUT2D eigenvalue weighted by molar-refractivity contribution is -0.124. The monoisotopic (exact) mass is 470 g/mol. The van der Waals surface area contributed by atoms with Crippen molar-refractivity contribution in [1.29, 1.82) is 0 Å². The van der Waals surface area contributed by atoms with E-state index in [-0.39, 0.29) is 17.7 Å². The quantitative estimate of drug-likeness (QED) is 0.532. The number of aliphatic imine (C=N–C) groups is 1. The summed E-state index contributed by atoms with van der Waals surface area (Å²) in [6, 6.07) is 15.1. The van der Waals surface area contributed by atoms with Gasteiger partial charge in [0, 0.05) is 16.1 Å². The Balaban J connectivity index is 1.74. The van der Waals surface area contributed by atoms with Gasteiger partial charge >= 0.3 is 0 Å². The molecule has 2 aromatic rings. The molecule has 2 aromatic carbocycles. The van der Waals surface area contributed by atoms with Gasteiger partial charge < -0.3 is 5.11 Å². The van der Waals surface area contributed by atoms with Crippen molar-refractivity contribution in [1.82, 2.24) is 4.90 Å². The second-order valence-electron chi connectivity index (χ2n) is 7.55. The third kappa shape index (κ3) is 4.43. The van der Waals surface area contributed by atoms with Crippen LogP contribution in [0.1, 0.15) is 38.2 Å². The van der Waals surface area contributed by atoms with Crippen LogP contribution in [0.5, 0.6) is 5.75 Å². The van der Waals surface area contributed by atoms with Gasteiger partial charge in [-0.3, -0.25) is 9.69 Å². The second kappa shape index (κ2) is 8.76. The minimum Gasteiger partial charge on any atom is -0.507 e. The molecule has 29 heavy (non-hydrogen) atoms. The average Bonchev–Trinajstić information content (AvgIpc) is 3.01. The van der Waals surface area contributed by atoms with E-state index in [0.29, 0.717) is 16.4 Å². The van der Waals surface area contributed by atoms with Gasteiger partial charge in [-0.2, -0.15) is 0 Å². The summed E-state index contributed by atoms with van der Waals surface area (Å²) in [5, 5.41) is 10.9. The summed E-state index contributed by atoms with van der Waals surface area (Å²) in [4.78, 5) is 20.7. The van der Waals surface area contributed by atoms with Crippen LogP contribution in [0.2, 0.25) is 0 Å². The van der Waals surface area contributed by atoms with E-state index in [1.807, 2.05) is 41.3 Å². The number of hydrogen-bond donors (Lipinski definition) is 1. The van der Waals surface area contributed by atoms with Gasteiger partial charge in [0.05, 0.1) is 10.6 Å². The van der Waals surface area contributed by atoms with Gasteiger partial charge in [0.25, 0.3) is 5.91 Å². The van der Waals surface area contributed by atoms with Gasteiger partial charge in [0.15, 0.2) is 5.17 Å². The number of phenols is 1. The van der Waals surface area contributed by atoms with Crippen LogP contribution in [0.15, 0.2) is 62.9 Å². The maximum absolute atomic E-state index is 13.4. The molecule has 150 valence electrons. The average molecular weight is 471 g/mol. The Labute approximate surface area is 183 Å². The van der Waals surface area contributed by atoms with E-state index in [1.54, 1.807) is 18.2 Å². The van der Waals surface area contributed by atoms with Crippen molar-refractivity contribution < 1.29 is 9.90 Å². The molecule has 1 saturated heterocycles. The first-order valence-corrected chi connectivity index (χ1v) is 11.5. The third-order valence-corrected chi connectivity index (χ3v) is 6.97. The van der Waals surface area contributed by atoms with Crippen LogP contribution in [0, 0.1) is 5.92 Å². The van der Waals surface area contributed by atoms with Crippen LogP contribution in [-0.4, -0.2) is 27.1 Å². The SMILES string of the molecule is C[C@H]1CCCC[C@H]1N1C(=O)/C(=C/c2cc(Br)ccc2O)SC1=Nc1ccccc1. The smallest absolute Gasteiger partial charge is 0.267 e. The zero-order valence-electron chi connectivity index (χ0n) is 16.2. The van der Waals surface area contributed by atoms with Crippen LogP contribution in [0.4, 0.5) is 5.69 Å². The van der Waals surface area contributed by atoms with Crippen molar-refractivity contribution in [3.8, 4) is 5.75 Å². The molecule has 6 heteroatoms. The fourth-order valence-corrected chi connectivity index (χ4v) is 5.35. The largest absolute Gasteiger partial charge is 0.507 e. The predicted molar refractivity (Wildman–Crippen MR) is 123 cm³/mol. The maximum atomic E-state index is 13.4. The summed E-state index contributed by atoms with van der Waals surface area (Å²) in [6.07, 6.45) is 6.24. The Kier molecular flexibility index (Phi) is 6.11. The summed E-state index contributed by atoms with van der Waals surface area (Å²) < 4.78 is 0.855. The maximum Gasteiger partial charge on any atom is 0.267 e. The lowest BCUT2D eigenvalue weighted by Gasteiger charge is -2.35. The van der Waals surface area contributed by atoms with Crippen molar-refractivity contribution >= 4 is 50.5 Å². The minimum atomic E-state index is -0.0252. The van der Waals surface area contributed by atoms with Crippen molar-refractivity contribution in [2.24, 2.45) is 10.9 Å². The lowest BCUT2D eigenvalue weighted by Crippen LogP contribution is -2.44. The molecule has 4 rings (SSSR count). The predicted octanol–water partition coefficient (Wildman–Crippen LogP) is 6.34. The fraction of sp³-hybridized carbons (Fsp3) is 0.304. The number of halogens is 1. The Hall–Kier alpha value is -2.05. The molecule has 1 N–H and O–H groups in total. The van der Waals surface area contributed by atoms with E-state index >= 15 is 0 Å². The van der Waals surface area contributed by atoms with Crippen molar-refractivity contribution in [3.05, 3.63) is 63.5 Å². The minimum absolute atomic E-state index is 0.0252. The molecule has 1 amide bonds. The number of thioether (sulfide) groups is 1. The first-order valence-electron chi connectivity index (χ1n) is 9.88. The standard InChI is InChI=1S/C23H23BrN2O2S/c1-15-7-5-6-10-19(15)26-22(28)21(14-16-13-17(24)11-12-20(16)27)29-23(26)25-18-8-3-2-4-9-18/h2-4,8-9,11-15,19,27H,5-7,10H2,1H3/b21-14-,25-23?/t15-,19+/m0/s1. The van der Waals surface area contributed by atoms with E-state index in [9.17, 15) is 9.90 Å². The molecule has 1 aliphatic heterocycles. The molecule has 0 bridgehead atoms. The molecular formula is C23H23BrN2O2S. The molecule has 0 unspecified atom stereocenters. The van der Waals surface area contributed by atoms with Gasteiger partial charge in [0.1, 0.15) is 5.75 Å². The van der Waals surface area contributed by atoms with Gasteiger partial charge in [-0.1, -0.05) is 53.9 Å². The van der Waals surface area contributed by atoms with Gasteiger partial charge in [-0.25, -0.2) is 4.99 Å². The van der Waals surface area contributed by atoms with Crippen molar-refractivity contribution in [2.75, 3.05) is 0 Å². The highest BCUT2D eigenvalue weighted by atomic mass is 79.9. The van der Waals surface area contributed by atoms with Crippen LogP contribution in [-0.2, 0) is 4.79 Å². The highest BCUT2D eigenvalue weighted by Gasteiger charge is 2.41. The highest BCUT2D eigenvalue weighted by molar-refractivity contribution is 9.10. The van der Waals surface area contributed by atoms with E-state index < -0.39 is 0 Å². The summed E-state index contributed by atoms with van der Waals surface area (Å²) in [5.74, 6) is 0.566. The van der Waals surface area contributed by atoms with Gasteiger partial charge in [0.2, 0.25) is 0 Å². The molecule has 1 heterocycles. The Bertz CT molecular complexity index is 974. The fourth-order valence-electron chi connectivity index (χ4n) is 3.93. The summed E-state index contributed by atoms with van der Waals surface area (Å²) in [7, 11) is 0. The van der Waals surface area contributed by atoms with Crippen LogP contribution < -0.4 is 0 Å². The molecule has 0 radical (unpaired) electrons. The Morgan fingerprint density at radius 3 is 2.69 bits per heavy atom. The van der Waals surface area contributed by atoms with E-state index in [4.69, 9.17) is 4.99 Å². The van der Waals surface area contributed by atoms with Gasteiger partial charge in [-0.15, -0.1) is 0 Å². The van der Waals surface area contributed by atoms with E-state index in [0.717, 1.165) is 34.6 Å². The third-order valence-electron chi connectivity index (χ3n) is 5.49.